The molecule has 2 unspecified atom stereocenters. The van der Waals surface area contributed by atoms with Crippen LogP contribution < -0.4 is 5.73 Å². The van der Waals surface area contributed by atoms with Gasteiger partial charge in [0.25, 0.3) is 0 Å². The van der Waals surface area contributed by atoms with Crippen LogP contribution in [0.1, 0.15) is 52.4 Å². The van der Waals surface area contributed by atoms with Crippen LogP contribution in [0.15, 0.2) is 0 Å². The van der Waals surface area contributed by atoms with E-state index in [1.807, 2.05) is 0 Å². The fourth-order valence-electron chi connectivity index (χ4n) is 3.28. The van der Waals surface area contributed by atoms with Crippen LogP contribution in [0.25, 0.3) is 0 Å². The minimum atomic E-state index is -0.000271. The summed E-state index contributed by atoms with van der Waals surface area (Å²) in [7, 11) is 0. The molecular formula is C14H26N2O. The zero-order valence-electron chi connectivity index (χ0n) is 11.2. The highest BCUT2D eigenvalue weighted by molar-refractivity contribution is 5.83. The van der Waals surface area contributed by atoms with E-state index in [-0.39, 0.29) is 11.5 Å². The van der Waals surface area contributed by atoms with Gasteiger partial charge in [-0.1, -0.05) is 13.3 Å². The third kappa shape index (κ3) is 2.35. The Labute approximate surface area is 105 Å². The van der Waals surface area contributed by atoms with E-state index in [0.717, 1.165) is 38.8 Å². The maximum atomic E-state index is 12.6. The van der Waals surface area contributed by atoms with Crippen LogP contribution in [-0.4, -0.2) is 29.9 Å². The summed E-state index contributed by atoms with van der Waals surface area (Å²) in [6.07, 6.45) is 6.73. The molecule has 2 rings (SSSR count). The molecule has 0 aromatic heterocycles. The van der Waals surface area contributed by atoms with Crippen molar-refractivity contribution < 1.29 is 4.79 Å². The molecule has 17 heavy (non-hydrogen) atoms. The molecule has 2 atom stereocenters. The molecule has 0 spiro atoms. The van der Waals surface area contributed by atoms with E-state index in [0.29, 0.717) is 11.8 Å². The van der Waals surface area contributed by atoms with Gasteiger partial charge in [0.05, 0.1) is 0 Å². The summed E-state index contributed by atoms with van der Waals surface area (Å²) in [6, 6.07) is 0.213. The second kappa shape index (κ2) is 4.97. The van der Waals surface area contributed by atoms with Gasteiger partial charge in [0, 0.05) is 24.5 Å². The highest BCUT2D eigenvalue weighted by Gasteiger charge is 2.45. The molecular weight excluding hydrogens is 212 g/mol. The van der Waals surface area contributed by atoms with Gasteiger partial charge in [-0.2, -0.15) is 0 Å². The molecule has 0 aromatic carbocycles. The van der Waals surface area contributed by atoms with Gasteiger partial charge in [-0.05, 0) is 44.9 Å². The van der Waals surface area contributed by atoms with Crippen molar-refractivity contribution >= 4 is 5.91 Å². The Balaban J connectivity index is 1.99. The number of rotatable bonds is 3. The first-order valence-corrected chi connectivity index (χ1v) is 7.14. The molecule has 1 aliphatic carbocycles. The van der Waals surface area contributed by atoms with Crippen molar-refractivity contribution in [2.75, 3.05) is 13.1 Å². The molecule has 98 valence electrons. The summed E-state index contributed by atoms with van der Waals surface area (Å²) in [5.74, 6) is 0.915. The summed E-state index contributed by atoms with van der Waals surface area (Å²) in [4.78, 5) is 14.7. The Hall–Kier alpha value is -0.570. The van der Waals surface area contributed by atoms with E-state index in [4.69, 9.17) is 5.73 Å². The minimum Gasteiger partial charge on any atom is -0.342 e. The van der Waals surface area contributed by atoms with Crippen LogP contribution >= 0.6 is 0 Å². The van der Waals surface area contributed by atoms with E-state index < -0.39 is 0 Å². The van der Waals surface area contributed by atoms with E-state index in [9.17, 15) is 4.79 Å². The van der Waals surface area contributed by atoms with Crippen LogP contribution in [0.3, 0.4) is 0 Å². The quantitative estimate of drug-likeness (QED) is 0.819. The number of hydrogen-bond acceptors (Lipinski definition) is 2. The first kappa shape index (κ1) is 12.9. The monoisotopic (exact) mass is 238 g/mol. The van der Waals surface area contributed by atoms with E-state index in [1.54, 1.807) is 0 Å². The molecule has 3 heteroatoms. The number of nitrogens with two attached hydrogens (primary N) is 1. The minimum absolute atomic E-state index is 0.000271. The Kier molecular flexibility index (Phi) is 3.76. The number of amides is 1. The second-order valence-corrected chi connectivity index (χ2v) is 6.00. The first-order chi connectivity index (χ1) is 8.09. The molecule has 1 saturated heterocycles. The Morgan fingerprint density at radius 3 is 2.65 bits per heavy atom. The first-order valence-electron chi connectivity index (χ1n) is 7.14. The second-order valence-electron chi connectivity index (χ2n) is 6.00. The van der Waals surface area contributed by atoms with Gasteiger partial charge in [0.1, 0.15) is 0 Å². The molecule has 0 bridgehead atoms. The van der Waals surface area contributed by atoms with Gasteiger partial charge in [-0.15, -0.1) is 0 Å². The van der Waals surface area contributed by atoms with Crippen LogP contribution in [0.4, 0.5) is 0 Å². The molecule has 1 aliphatic heterocycles. The summed E-state index contributed by atoms with van der Waals surface area (Å²) in [5, 5.41) is 0. The third-order valence-corrected chi connectivity index (χ3v) is 4.93. The molecule has 1 heterocycles. The lowest BCUT2D eigenvalue weighted by Crippen LogP contribution is -2.52. The topological polar surface area (TPSA) is 46.3 Å². The van der Waals surface area contributed by atoms with Crippen molar-refractivity contribution in [1.29, 1.82) is 0 Å². The number of likely N-dealkylation sites (tertiary alicyclic amines) is 1. The van der Waals surface area contributed by atoms with Crippen LogP contribution in [-0.2, 0) is 4.79 Å². The average Bonchev–Trinajstić information content (AvgIpc) is 2.28. The number of carbonyl (C=O) groups is 1. The standard InChI is InChI=1S/C14H26N2O/c1-3-14(7-5-8-14)13(17)16-9-4-6-12(10-16)11(2)15/h11-12H,3-10,15H2,1-2H3. The number of carbonyl (C=O) groups excluding carboxylic acids is 1. The highest BCUT2D eigenvalue weighted by Crippen LogP contribution is 2.45. The van der Waals surface area contributed by atoms with Crippen LogP contribution in [0.5, 0.6) is 0 Å². The lowest BCUT2D eigenvalue weighted by atomic mass is 9.66. The van der Waals surface area contributed by atoms with Crippen molar-refractivity contribution in [3.63, 3.8) is 0 Å². The van der Waals surface area contributed by atoms with E-state index in [1.165, 1.54) is 12.8 Å². The SMILES string of the molecule is CCC1(C(=O)N2CCCC(C(C)N)C2)CCC1. The van der Waals surface area contributed by atoms with Gasteiger partial charge in [-0.3, -0.25) is 4.79 Å². The number of piperidine rings is 1. The van der Waals surface area contributed by atoms with Gasteiger partial charge in [0.15, 0.2) is 0 Å². The fraction of sp³-hybridized carbons (Fsp3) is 0.929. The van der Waals surface area contributed by atoms with Crippen molar-refractivity contribution in [3.8, 4) is 0 Å². The molecule has 1 amide bonds. The van der Waals surface area contributed by atoms with E-state index in [2.05, 4.69) is 18.7 Å². The predicted octanol–water partition coefficient (Wildman–Crippen LogP) is 2.15. The van der Waals surface area contributed by atoms with Crippen molar-refractivity contribution in [3.05, 3.63) is 0 Å². The van der Waals surface area contributed by atoms with Crippen LogP contribution in [0.2, 0.25) is 0 Å². The third-order valence-electron chi connectivity index (χ3n) is 4.93. The zero-order chi connectivity index (χ0) is 12.5. The molecule has 2 fully saturated rings. The van der Waals surface area contributed by atoms with Crippen molar-refractivity contribution in [2.45, 2.75) is 58.4 Å². The van der Waals surface area contributed by atoms with Gasteiger partial charge in [0.2, 0.25) is 5.91 Å². The molecule has 3 nitrogen and oxygen atoms in total. The summed E-state index contributed by atoms with van der Waals surface area (Å²) >= 11 is 0. The number of nitrogens with zero attached hydrogens (tertiary/aromatic N) is 1. The molecule has 0 radical (unpaired) electrons. The van der Waals surface area contributed by atoms with Gasteiger partial charge >= 0.3 is 0 Å². The maximum Gasteiger partial charge on any atom is 0.228 e. The fourth-order valence-corrected chi connectivity index (χ4v) is 3.28. The maximum absolute atomic E-state index is 12.6. The zero-order valence-corrected chi connectivity index (χ0v) is 11.2. The number of hydrogen-bond donors (Lipinski definition) is 1. The van der Waals surface area contributed by atoms with Crippen LogP contribution in [0, 0.1) is 11.3 Å². The highest BCUT2D eigenvalue weighted by atomic mass is 16.2. The lowest BCUT2D eigenvalue weighted by Gasteiger charge is -2.45. The van der Waals surface area contributed by atoms with Gasteiger partial charge in [-0.25, -0.2) is 0 Å². The van der Waals surface area contributed by atoms with Crippen molar-refractivity contribution in [2.24, 2.45) is 17.1 Å². The average molecular weight is 238 g/mol. The largest absolute Gasteiger partial charge is 0.342 e. The normalized spacial score (nSPS) is 29.6. The molecule has 2 aliphatic rings. The smallest absolute Gasteiger partial charge is 0.228 e. The predicted molar refractivity (Wildman–Crippen MR) is 69.5 cm³/mol. The van der Waals surface area contributed by atoms with E-state index >= 15 is 0 Å². The van der Waals surface area contributed by atoms with Gasteiger partial charge < -0.3 is 10.6 Å². The molecule has 0 aromatic rings. The molecule has 1 saturated carbocycles. The molecule has 2 N–H and O–H groups in total. The van der Waals surface area contributed by atoms with Crippen molar-refractivity contribution in [1.82, 2.24) is 4.90 Å². The lowest BCUT2D eigenvalue weighted by molar-refractivity contribution is -0.149. The summed E-state index contributed by atoms with van der Waals surface area (Å²) in [5.41, 5.74) is 5.98. The summed E-state index contributed by atoms with van der Waals surface area (Å²) in [6.45, 7) is 6.06. The Morgan fingerprint density at radius 2 is 2.18 bits per heavy atom. The Morgan fingerprint density at radius 1 is 1.47 bits per heavy atom. The summed E-state index contributed by atoms with van der Waals surface area (Å²) < 4.78 is 0. The Bertz CT molecular complexity index is 278.